The summed E-state index contributed by atoms with van der Waals surface area (Å²) in [6.45, 7) is 7.01. The second kappa shape index (κ2) is 13.1. The van der Waals surface area contributed by atoms with Gasteiger partial charge in [-0.25, -0.2) is 4.98 Å². The molecule has 1 aromatic heterocycles. The zero-order valence-electron chi connectivity index (χ0n) is 20.1. The van der Waals surface area contributed by atoms with Gasteiger partial charge in [-0.15, -0.1) is 0 Å². The molecule has 3 rings (SSSR count). The first-order chi connectivity index (χ1) is 16.1. The molecule has 0 bridgehead atoms. The predicted octanol–water partition coefficient (Wildman–Crippen LogP) is 3.72. The summed E-state index contributed by atoms with van der Waals surface area (Å²) in [6, 6.07) is 8.93. The van der Waals surface area contributed by atoms with Crippen LogP contribution in [0.1, 0.15) is 43.7 Å². The van der Waals surface area contributed by atoms with Crippen LogP contribution in [0.5, 0.6) is 6.01 Å². The summed E-state index contributed by atoms with van der Waals surface area (Å²) in [4.78, 5) is 24.4. The number of carbonyl (C=O) groups is 1. The second-order valence-corrected chi connectivity index (χ2v) is 8.79. The largest absolute Gasteiger partial charge is 0.463 e. The number of nitrogens with one attached hydrogen (secondary N) is 1. The van der Waals surface area contributed by atoms with Crippen LogP contribution in [0.4, 0.5) is 11.5 Å². The lowest BCUT2D eigenvalue weighted by molar-refractivity contribution is -0.105. The number of hydrogen-bond donors (Lipinski definition) is 1. The van der Waals surface area contributed by atoms with Gasteiger partial charge in [0.05, 0.1) is 12.8 Å². The van der Waals surface area contributed by atoms with Gasteiger partial charge in [0.15, 0.2) is 5.82 Å². The lowest BCUT2D eigenvalue weighted by Crippen LogP contribution is -2.23. The van der Waals surface area contributed by atoms with Gasteiger partial charge in [-0.05, 0) is 49.9 Å². The molecule has 1 aliphatic rings. The smallest absolute Gasteiger partial charge is 0.318 e. The first kappa shape index (κ1) is 24.9. The third kappa shape index (κ3) is 7.98. The van der Waals surface area contributed by atoms with Gasteiger partial charge >= 0.3 is 6.01 Å². The molecule has 180 valence electrons. The summed E-state index contributed by atoms with van der Waals surface area (Å²) >= 11 is 0. The molecule has 0 atom stereocenters. The number of carbonyl (C=O) groups excluding carboxylic acids is 1. The molecule has 1 saturated heterocycles. The molecular formula is C25H37N5O3. The molecule has 2 heterocycles. The number of nitrogens with zero attached hydrogens (tertiary/aromatic N) is 4. The molecule has 1 aromatic carbocycles. The van der Waals surface area contributed by atoms with Gasteiger partial charge in [0.25, 0.3) is 0 Å². The highest BCUT2D eigenvalue weighted by Crippen LogP contribution is 2.26. The topological polar surface area (TPSA) is 79.8 Å². The fourth-order valence-corrected chi connectivity index (χ4v) is 3.98. The van der Waals surface area contributed by atoms with Gasteiger partial charge in [0.1, 0.15) is 5.69 Å². The van der Waals surface area contributed by atoms with E-state index in [1.54, 1.807) is 6.20 Å². The molecule has 8 nitrogen and oxygen atoms in total. The number of rotatable bonds is 13. The third-order valence-electron chi connectivity index (χ3n) is 5.87. The van der Waals surface area contributed by atoms with E-state index in [9.17, 15) is 4.79 Å². The van der Waals surface area contributed by atoms with E-state index in [1.807, 2.05) is 11.9 Å². The Kier molecular flexibility index (Phi) is 9.90. The van der Waals surface area contributed by atoms with Gasteiger partial charge in [0, 0.05) is 33.4 Å². The zero-order chi connectivity index (χ0) is 23.5. The summed E-state index contributed by atoms with van der Waals surface area (Å²) in [6.07, 6.45) is 6.63. The van der Waals surface area contributed by atoms with Crippen molar-refractivity contribution in [2.24, 2.45) is 5.92 Å². The minimum atomic E-state index is 0.325. The third-order valence-corrected chi connectivity index (χ3v) is 5.87. The maximum atomic E-state index is 11.1. The summed E-state index contributed by atoms with van der Waals surface area (Å²) < 4.78 is 11.3. The van der Waals surface area contributed by atoms with Crippen LogP contribution in [-0.2, 0) is 22.6 Å². The first-order valence-electron chi connectivity index (χ1n) is 11.8. The standard InChI is InChI=1S/C25H37N5O3/c1-4-5-11-29(2)16-21-7-6-8-22(14-21)17-30(3)24-23(27-19-31)15-26-25(28-24)33-18-20-9-12-32-13-10-20/h6-8,14-15,19-20H,4-5,9-13,16-18H2,1-3H3,(H,27,31). The molecule has 33 heavy (non-hydrogen) atoms. The summed E-state index contributed by atoms with van der Waals surface area (Å²) in [5, 5.41) is 2.71. The van der Waals surface area contributed by atoms with Crippen molar-refractivity contribution >= 4 is 17.9 Å². The van der Waals surface area contributed by atoms with E-state index in [4.69, 9.17) is 9.47 Å². The van der Waals surface area contributed by atoms with Crippen LogP contribution in [-0.4, -0.2) is 61.7 Å². The SMILES string of the molecule is CCCCN(C)Cc1cccc(CN(C)c2nc(OCC3CCOCC3)ncc2NC=O)c1. The molecule has 1 amide bonds. The lowest BCUT2D eigenvalue weighted by atomic mass is 10.0. The average Bonchev–Trinajstić information content (AvgIpc) is 2.83. The van der Waals surface area contributed by atoms with E-state index in [0.29, 0.717) is 43.0 Å². The van der Waals surface area contributed by atoms with Crippen molar-refractivity contribution in [1.82, 2.24) is 14.9 Å². The number of aromatic nitrogens is 2. The van der Waals surface area contributed by atoms with Gasteiger partial charge in [-0.1, -0.05) is 37.6 Å². The van der Waals surface area contributed by atoms with Crippen molar-refractivity contribution in [3.63, 3.8) is 0 Å². The van der Waals surface area contributed by atoms with E-state index < -0.39 is 0 Å². The van der Waals surface area contributed by atoms with Crippen LogP contribution in [0, 0.1) is 5.92 Å². The highest BCUT2D eigenvalue weighted by Gasteiger charge is 2.17. The maximum absolute atomic E-state index is 11.1. The van der Waals surface area contributed by atoms with Crippen molar-refractivity contribution < 1.29 is 14.3 Å². The van der Waals surface area contributed by atoms with Crippen LogP contribution in [0.25, 0.3) is 0 Å². The summed E-state index contributed by atoms with van der Waals surface area (Å²) in [5.74, 6) is 1.08. The molecule has 8 heteroatoms. The van der Waals surface area contributed by atoms with Crippen LogP contribution in [0.3, 0.4) is 0 Å². The minimum Gasteiger partial charge on any atom is -0.463 e. The van der Waals surface area contributed by atoms with E-state index in [0.717, 1.165) is 39.1 Å². The molecule has 0 saturated carbocycles. The van der Waals surface area contributed by atoms with Gasteiger partial charge in [0.2, 0.25) is 6.41 Å². The molecular weight excluding hydrogens is 418 g/mol. The Morgan fingerprint density at radius 3 is 2.70 bits per heavy atom. The van der Waals surface area contributed by atoms with E-state index in [-0.39, 0.29) is 0 Å². The molecule has 1 aliphatic heterocycles. The number of unbranched alkanes of at least 4 members (excludes halogenated alkanes) is 1. The van der Waals surface area contributed by atoms with Crippen LogP contribution >= 0.6 is 0 Å². The molecule has 0 radical (unpaired) electrons. The molecule has 1 fully saturated rings. The van der Waals surface area contributed by atoms with Crippen LogP contribution < -0.4 is 15.0 Å². The van der Waals surface area contributed by atoms with Crippen molar-refractivity contribution in [3.05, 3.63) is 41.6 Å². The van der Waals surface area contributed by atoms with Gasteiger partial charge in [-0.2, -0.15) is 4.98 Å². The Morgan fingerprint density at radius 1 is 1.21 bits per heavy atom. The molecule has 0 aliphatic carbocycles. The number of amides is 1. The molecule has 0 unspecified atom stereocenters. The number of anilines is 2. The van der Waals surface area contributed by atoms with Crippen molar-refractivity contribution in [3.8, 4) is 6.01 Å². The average molecular weight is 456 g/mol. The van der Waals surface area contributed by atoms with Crippen molar-refractivity contribution in [1.29, 1.82) is 0 Å². The fraction of sp³-hybridized carbons (Fsp3) is 0.560. The molecule has 2 aromatic rings. The quantitative estimate of drug-likeness (QED) is 0.461. The number of hydrogen-bond acceptors (Lipinski definition) is 7. The Hall–Kier alpha value is -2.71. The van der Waals surface area contributed by atoms with Crippen molar-refractivity contribution in [2.45, 2.75) is 45.7 Å². The summed E-state index contributed by atoms with van der Waals surface area (Å²) in [5.41, 5.74) is 3.02. The van der Waals surface area contributed by atoms with Gasteiger partial charge in [-0.3, -0.25) is 4.79 Å². The van der Waals surface area contributed by atoms with E-state index in [1.165, 1.54) is 24.0 Å². The Morgan fingerprint density at radius 2 is 1.97 bits per heavy atom. The second-order valence-electron chi connectivity index (χ2n) is 8.79. The Labute approximate surface area is 197 Å². The minimum absolute atomic E-state index is 0.325. The molecule has 0 spiro atoms. The number of ether oxygens (including phenoxy) is 2. The maximum Gasteiger partial charge on any atom is 0.318 e. The first-order valence-corrected chi connectivity index (χ1v) is 11.8. The monoisotopic (exact) mass is 455 g/mol. The molecule has 1 N–H and O–H groups in total. The Bertz CT molecular complexity index is 873. The fourth-order valence-electron chi connectivity index (χ4n) is 3.98. The zero-order valence-corrected chi connectivity index (χ0v) is 20.1. The lowest BCUT2D eigenvalue weighted by Gasteiger charge is -2.23. The van der Waals surface area contributed by atoms with Crippen molar-refractivity contribution in [2.75, 3.05) is 50.7 Å². The van der Waals surface area contributed by atoms with E-state index >= 15 is 0 Å². The predicted molar refractivity (Wildman–Crippen MR) is 131 cm³/mol. The normalized spacial score (nSPS) is 14.3. The highest BCUT2D eigenvalue weighted by atomic mass is 16.5. The van der Waals surface area contributed by atoms with E-state index in [2.05, 4.69) is 58.4 Å². The highest BCUT2D eigenvalue weighted by molar-refractivity contribution is 5.78. The Balaban J connectivity index is 1.67. The number of benzene rings is 1. The van der Waals surface area contributed by atoms with Gasteiger partial charge < -0.3 is 24.6 Å². The van der Waals surface area contributed by atoms with Crippen LogP contribution in [0.2, 0.25) is 0 Å². The summed E-state index contributed by atoms with van der Waals surface area (Å²) in [7, 11) is 4.12. The van der Waals surface area contributed by atoms with Crippen LogP contribution in [0.15, 0.2) is 30.5 Å².